The standard InChI is InChI=1S/C23H26FNO4/c1-13-19(15(3)26)14(2)25-20(13)21(27)16(4)29-22(28)23(11-5-6-12-23)17-7-9-18(24)10-8-17/h7-10,16,25H,5-6,11-12H2,1-4H3/t16-/m0/s1. The van der Waals surface area contributed by atoms with Gasteiger partial charge in [0.2, 0.25) is 5.78 Å². The van der Waals surface area contributed by atoms with E-state index in [2.05, 4.69) is 4.98 Å². The van der Waals surface area contributed by atoms with Crippen LogP contribution in [0.15, 0.2) is 24.3 Å². The fraction of sp³-hybridized carbons (Fsp3) is 0.435. The van der Waals surface area contributed by atoms with Gasteiger partial charge in [-0.25, -0.2) is 4.39 Å². The number of aromatic nitrogens is 1. The Labute approximate surface area is 169 Å². The monoisotopic (exact) mass is 399 g/mol. The van der Waals surface area contributed by atoms with E-state index in [-0.39, 0.29) is 23.1 Å². The van der Waals surface area contributed by atoms with Crippen LogP contribution < -0.4 is 0 Å². The molecule has 1 heterocycles. The molecule has 1 aliphatic rings. The van der Waals surface area contributed by atoms with E-state index in [4.69, 9.17) is 4.74 Å². The minimum atomic E-state index is -1.00. The molecule has 0 amide bonds. The van der Waals surface area contributed by atoms with E-state index in [1.54, 1.807) is 26.0 Å². The highest BCUT2D eigenvalue weighted by Gasteiger charge is 2.45. The molecule has 154 valence electrons. The third kappa shape index (κ3) is 3.76. The molecule has 2 aromatic rings. The number of nitrogens with one attached hydrogen (secondary N) is 1. The molecule has 3 rings (SSSR count). The molecule has 1 saturated carbocycles. The van der Waals surface area contributed by atoms with Crippen molar-refractivity contribution in [1.29, 1.82) is 0 Å². The molecule has 1 aromatic heterocycles. The number of carbonyl (C=O) groups excluding carboxylic acids is 3. The Morgan fingerprint density at radius 1 is 1.10 bits per heavy atom. The number of aromatic amines is 1. The number of H-pyrrole nitrogens is 1. The van der Waals surface area contributed by atoms with Crippen molar-refractivity contribution in [3.63, 3.8) is 0 Å². The number of ether oxygens (including phenoxy) is 1. The molecular weight excluding hydrogens is 373 g/mol. The number of Topliss-reactive ketones (excluding diaryl/α,β-unsaturated/α-hetero) is 2. The maximum absolute atomic E-state index is 13.3. The van der Waals surface area contributed by atoms with Gasteiger partial charge in [0.25, 0.3) is 0 Å². The van der Waals surface area contributed by atoms with E-state index in [9.17, 15) is 18.8 Å². The minimum absolute atomic E-state index is 0.124. The number of rotatable bonds is 6. The molecule has 6 heteroatoms. The molecule has 0 radical (unpaired) electrons. The van der Waals surface area contributed by atoms with Crippen LogP contribution in [0, 0.1) is 19.7 Å². The summed E-state index contributed by atoms with van der Waals surface area (Å²) in [7, 11) is 0. The second-order valence-corrected chi connectivity index (χ2v) is 7.89. The molecule has 0 saturated heterocycles. The zero-order valence-corrected chi connectivity index (χ0v) is 17.2. The Morgan fingerprint density at radius 2 is 1.69 bits per heavy atom. The number of ketones is 2. The van der Waals surface area contributed by atoms with Crippen LogP contribution in [0.3, 0.4) is 0 Å². The molecule has 5 nitrogen and oxygen atoms in total. The lowest BCUT2D eigenvalue weighted by atomic mass is 9.79. The zero-order valence-electron chi connectivity index (χ0n) is 17.2. The number of hydrogen-bond acceptors (Lipinski definition) is 4. The topological polar surface area (TPSA) is 76.2 Å². The molecular formula is C23H26FNO4. The van der Waals surface area contributed by atoms with Gasteiger partial charge in [0.15, 0.2) is 11.9 Å². The number of carbonyl (C=O) groups is 3. The fourth-order valence-corrected chi connectivity index (χ4v) is 4.41. The lowest BCUT2D eigenvalue weighted by Gasteiger charge is -2.28. The highest BCUT2D eigenvalue weighted by Crippen LogP contribution is 2.42. The summed E-state index contributed by atoms with van der Waals surface area (Å²) in [5, 5.41) is 0. The second kappa shape index (κ2) is 7.93. The van der Waals surface area contributed by atoms with Crippen molar-refractivity contribution in [3.05, 3.63) is 58.2 Å². The molecule has 0 spiro atoms. The molecule has 1 fully saturated rings. The summed E-state index contributed by atoms with van der Waals surface area (Å²) in [5.41, 5.74) is 1.83. The first-order valence-electron chi connectivity index (χ1n) is 9.89. The predicted octanol–water partition coefficient (Wildman–Crippen LogP) is 4.60. The van der Waals surface area contributed by atoms with Crippen LogP contribution in [0.4, 0.5) is 4.39 Å². The van der Waals surface area contributed by atoms with Crippen LogP contribution in [-0.2, 0) is 14.9 Å². The van der Waals surface area contributed by atoms with Gasteiger partial charge in [-0.15, -0.1) is 0 Å². The number of esters is 1. The Kier molecular flexibility index (Phi) is 5.73. The molecule has 0 bridgehead atoms. The van der Waals surface area contributed by atoms with Gasteiger partial charge in [-0.2, -0.15) is 0 Å². The van der Waals surface area contributed by atoms with Crippen LogP contribution in [0.5, 0.6) is 0 Å². The summed E-state index contributed by atoms with van der Waals surface area (Å²) in [6, 6.07) is 5.91. The van der Waals surface area contributed by atoms with E-state index in [1.165, 1.54) is 26.0 Å². The summed E-state index contributed by atoms with van der Waals surface area (Å²) in [6.45, 7) is 6.43. The quantitative estimate of drug-likeness (QED) is 0.569. The molecule has 1 atom stereocenters. The van der Waals surface area contributed by atoms with Gasteiger partial charge in [0, 0.05) is 11.3 Å². The van der Waals surface area contributed by atoms with E-state index in [1.807, 2.05) is 0 Å². The zero-order chi connectivity index (χ0) is 21.3. The summed E-state index contributed by atoms with van der Waals surface area (Å²) in [6.07, 6.45) is 1.94. The second-order valence-electron chi connectivity index (χ2n) is 7.89. The van der Waals surface area contributed by atoms with Crippen LogP contribution in [0.1, 0.15) is 77.2 Å². The Balaban J connectivity index is 1.84. The largest absolute Gasteiger partial charge is 0.454 e. The van der Waals surface area contributed by atoms with E-state index in [0.717, 1.165) is 12.8 Å². The van der Waals surface area contributed by atoms with E-state index in [0.29, 0.717) is 35.2 Å². The van der Waals surface area contributed by atoms with Gasteiger partial charge < -0.3 is 9.72 Å². The highest BCUT2D eigenvalue weighted by atomic mass is 19.1. The van der Waals surface area contributed by atoms with E-state index >= 15 is 0 Å². The number of halogens is 1. The highest BCUT2D eigenvalue weighted by molar-refractivity contribution is 6.05. The van der Waals surface area contributed by atoms with Crippen molar-refractivity contribution in [3.8, 4) is 0 Å². The van der Waals surface area contributed by atoms with Gasteiger partial charge in [-0.1, -0.05) is 25.0 Å². The van der Waals surface area contributed by atoms with Crippen LogP contribution in [-0.4, -0.2) is 28.6 Å². The van der Waals surface area contributed by atoms with Gasteiger partial charge in [0.1, 0.15) is 5.82 Å². The number of benzene rings is 1. The lowest BCUT2D eigenvalue weighted by molar-refractivity contribution is -0.153. The first-order chi connectivity index (χ1) is 13.7. The van der Waals surface area contributed by atoms with E-state index < -0.39 is 17.5 Å². The molecule has 1 aliphatic carbocycles. The predicted molar refractivity (Wildman–Crippen MR) is 107 cm³/mol. The number of hydrogen-bond donors (Lipinski definition) is 1. The van der Waals surface area contributed by atoms with Gasteiger partial charge in [-0.05, 0) is 63.8 Å². The van der Waals surface area contributed by atoms with Crippen LogP contribution in [0.2, 0.25) is 0 Å². The third-order valence-electron chi connectivity index (χ3n) is 5.93. The van der Waals surface area contributed by atoms with Crippen molar-refractivity contribution in [2.75, 3.05) is 0 Å². The van der Waals surface area contributed by atoms with Crippen molar-refractivity contribution in [2.45, 2.75) is 64.9 Å². The maximum atomic E-state index is 13.3. The molecule has 0 unspecified atom stereocenters. The normalized spacial score (nSPS) is 16.4. The van der Waals surface area contributed by atoms with Crippen molar-refractivity contribution in [1.82, 2.24) is 4.98 Å². The van der Waals surface area contributed by atoms with Gasteiger partial charge >= 0.3 is 5.97 Å². The molecule has 0 aliphatic heterocycles. The Morgan fingerprint density at radius 3 is 2.21 bits per heavy atom. The average Bonchev–Trinajstić information content (AvgIpc) is 3.27. The molecule has 1 N–H and O–H groups in total. The third-order valence-corrected chi connectivity index (χ3v) is 5.93. The van der Waals surface area contributed by atoms with Gasteiger partial charge in [-0.3, -0.25) is 14.4 Å². The Bertz CT molecular complexity index is 952. The first-order valence-corrected chi connectivity index (χ1v) is 9.89. The van der Waals surface area contributed by atoms with Crippen LogP contribution >= 0.6 is 0 Å². The smallest absolute Gasteiger partial charge is 0.317 e. The summed E-state index contributed by atoms with van der Waals surface area (Å²) < 4.78 is 19.0. The van der Waals surface area contributed by atoms with Crippen molar-refractivity contribution < 1.29 is 23.5 Å². The summed E-state index contributed by atoms with van der Waals surface area (Å²) in [4.78, 5) is 40.8. The fourth-order valence-electron chi connectivity index (χ4n) is 4.41. The number of aryl methyl sites for hydroxylation is 1. The Hall–Kier alpha value is -2.76. The first kappa shape index (κ1) is 21.0. The minimum Gasteiger partial charge on any atom is -0.454 e. The molecule has 1 aromatic carbocycles. The lowest BCUT2D eigenvalue weighted by Crippen LogP contribution is -2.38. The van der Waals surface area contributed by atoms with Gasteiger partial charge in [0.05, 0.1) is 11.1 Å². The van der Waals surface area contributed by atoms with Crippen LogP contribution in [0.25, 0.3) is 0 Å². The summed E-state index contributed by atoms with van der Waals surface area (Å²) in [5.74, 6) is -1.33. The maximum Gasteiger partial charge on any atom is 0.317 e. The molecule has 29 heavy (non-hydrogen) atoms. The summed E-state index contributed by atoms with van der Waals surface area (Å²) >= 11 is 0. The average molecular weight is 399 g/mol. The van der Waals surface area contributed by atoms with Crippen molar-refractivity contribution >= 4 is 17.5 Å². The SMILES string of the molecule is CC(=O)c1c(C)[nH]c(C(=O)[C@H](C)OC(=O)C2(c3ccc(F)cc3)CCCC2)c1C. The van der Waals surface area contributed by atoms with Crippen molar-refractivity contribution in [2.24, 2.45) is 0 Å².